The number of thiophene rings is 1. The smallest absolute Gasteiger partial charge is 0.340 e. The van der Waals surface area contributed by atoms with Gasteiger partial charge in [-0.15, -0.1) is 11.3 Å². The molecule has 25 heavy (non-hydrogen) atoms. The Hall–Kier alpha value is -2.68. The second kappa shape index (κ2) is 6.67. The largest absolute Gasteiger partial charge is 0.462 e. The normalized spacial score (nSPS) is 20.2. The van der Waals surface area contributed by atoms with Crippen LogP contribution >= 0.6 is 11.3 Å². The zero-order valence-corrected chi connectivity index (χ0v) is 14.3. The van der Waals surface area contributed by atoms with E-state index in [0.29, 0.717) is 35.5 Å². The zero-order valence-electron chi connectivity index (χ0n) is 13.4. The fourth-order valence-corrected chi connectivity index (χ4v) is 4.01. The first-order chi connectivity index (χ1) is 11.9. The van der Waals surface area contributed by atoms with Gasteiger partial charge in [-0.25, -0.2) is 4.79 Å². The van der Waals surface area contributed by atoms with Gasteiger partial charge in [0, 0.05) is 29.4 Å². The van der Waals surface area contributed by atoms with E-state index in [1.54, 1.807) is 6.92 Å². The SMILES string of the molecule is CCOC(=O)C1=C(N)OC2=C(C(=O)CCC2)C1c1cc([N+](=O)[O-])cs1. The van der Waals surface area contributed by atoms with E-state index in [1.165, 1.54) is 11.4 Å². The Morgan fingerprint density at radius 2 is 2.28 bits per heavy atom. The van der Waals surface area contributed by atoms with Crippen molar-refractivity contribution in [1.29, 1.82) is 0 Å². The molecule has 1 atom stereocenters. The van der Waals surface area contributed by atoms with E-state index in [9.17, 15) is 19.7 Å². The highest BCUT2D eigenvalue weighted by Crippen LogP contribution is 2.46. The standard InChI is InChI=1S/C16H16N2O6S/c1-2-23-16(20)14-13(11-6-8(7-25-11)18(21)22)12-9(19)4-3-5-10(12)24-15(14)17/h6-7,13H,2-5,17H2,1H3. The van der Waals surface area contributed by atoms with Crippen LogP contribution in [0.25, 0.3) is 0 Å². The summed E-state index contributed by atoms with van der Waals surface area (Å²) < 4.78 is 10.6. The molecule has 1 aliphatic carbocycles. The topological polar surface area (TPSA) is 122 Å². The molecular weight excluding hydrogens is 348 g/mol. The van der Waals surface area contributed by atoms with Gasteiger partial charge in [0.2, 0.25) is 5.88 Å². The summed E-state index contributed by atoms with van der Waals surface area (Å²) >= 11 is 1.10. The van der Waals surface area contributed by atoms with Crippen LogP contribution < -0.4 is 5.73 Å². The molecule has 1 unspecified atom stereocenters. The van der Waals surface area contributed by atoms with Crippen molar-refractivity contribution in [2.24, 2.45) is 5.73 Å². The van der Waals surface area contributed by atoms with Crippen LogP contribution in [-0.2, 0) is 19.1 Å². The van der Waals surface area contributed by atoms with Gasteiger partial charge in [-0.3, -0.25) is 14.9 Å². The second-order valence-electron chi connectivity index (χ2n) is 5.61. The lowest BCUT2D eigenvalue weighted by atomic mass is 9.80. The minimum atomic E-state index is -0.797. The first-order valence-corrected chi connectivity index (χ1v) is 8.65. The van der Waals surface area contributed by atoms with Gasteiger partial charge in [0.05, 0.1) is 22.8 Å². The van der Waals surface area contributed by atoms with E-state index in [1.807, 2.05) is 0 Å². The monoisotopic (exact) mass is 364 g/mol. The van der Waals surface area contributed by atoms with Crippen LogP contribution in [-0.4, -0.2) is 23.3 Å². The van der Waals surface area contributed by atoms with Gasteiger partial charge in [-0.1, -0.05) is 0 Å². The minimum absolute atomic E-state index is 0.0209. The molecule has 0 fully saturated rings. The zero-order chi connectivity index (χ0) is 18.1. The lowest BCUT2D eigenvalue weighted by Gasteiger charge is -2.31. The van der Waals surface area contributed by atoms with E-state index in [4.69, 9.17) is 15.2 Å². The third-order valence-corrected chi connectivity index (χ3v) is 5.07. The van der Waals surface area contributed by atoms with Crippen LogP contribution in [0.4, 0.5) is 5.69 Å². The molecule has 1 aromatic rings. The first kappa shape index (κ1) is 17.2. The molecule has 2 heterocycles. The van der Waals surface area contributed by atoms with E-state index in [2.05, 4.69) is 0 Å². The fourth-order valence-electron chi connectivity index (χ4n) is 3.04. The van der Waals surface area contributed by atoms with E-state index < -0.39 is 16.8 Å². The molecule has 0 bridgehead atoms. The molecule has 2 aliphatic rings. The molecule has 132 valence electrons. The molecule has 1 aliphatic heterocycles. The molecule has 1 aromatic heterocycles. The summed E-state index contributed by atoms with van der Waals surface area (Å²) in [6, 6.07) is 1.36. The maximum atomic E-state index is 12.5. The number of ether oxygens (including phenoxy) is 2. The highest BCUT2D eigenvalue weighted by atomic mass is 32.1. The predicted molar refractivity (Wildman–Crippen MR) is 88.5 cm³/mol. The summed E-state index contributed by atoms with van der Waals surface area (Å²) in [6.45, 7) is 1.78. The molecule has 8 nitrogen and oxygen atoms in total. The molecule has 3 rings (SSSR count). The van der Waals surface area contributed by atoms with Crippen LogP contribution in [0.2, 0.25) is 0 Å². The van der Waals surface area contributed by atoms with Crippen LogP contribution in [0.1, 0.15) is 37.0 Å². The van der Waals surface area contributed by atoms with Crippen LogP contribution in [0, 0.1) is 10.1 Å². The molecule has 0 spiro atoms. The van der Waals surface area contributed by atoms with Gasteiger partial charge in [-0.05, 0) is 13.3 Å². The van der Waals surface area contributed by atoms with Crippen molar-refractivity contribution in [3.05, 3.63) is 49.2 Å². The Balaban J connectivity index is 2.14. The number of esters is 1. The van der Waals surface area contributed by atoms with Gasteiger partial charge >= 0.3 is 5.97 Å². The van der Waals surface area contributed by atoms with Crippen LogP contribution in [0.15, 0.2) is 34.2 Å². The van der Waals surface area contributed by atoms with Crippen molar-refractivity contribution in [3.8, 4) is 0 Å². The number of nitro groups is 1. The number of nitrogens with zero attached hydrogens (tertiary/aromatic N) is 1. The molecule has 0 radical (unpaired) electrons. The van der Waals surface area contributed by atoms with Crippen LogP contribution in [0.3, 0.4) is 0 Å². The van der Waals surface area contributed by atoms with Crippen molar-refractivity contribution in [1.82, 2.24) is 0 Å². The summed E-state index contributed by atoms with van der Waals surface area (Å²) in [7, 11) is 0. The van der Waals surface area contributed by atoms with Gasteiger partial charge in [0.15, 0.2) is 5.78 Å². The minimum Gasteiger partial charge on any atom is -0.462 e. The average molecular weight is 364 g/mol. The molecule has 0 aromatic carbocycles. The lowest BCUT2D eigenvalue weighted by Crippen LogP contribution is -2.31. The highest BCUT2D eigenvalue weighted by molar-refractivity contribution is 7.10. The van der Waals surface area contributed by atoms with Crippen LogP contribution in [0.5, 0.6) is 0 Å². The quantitative estimate of drug-likeness (QED) is 0.495. The Morgan fingerprint density at radius 1 is 1.52 bits per heavy atom. The summed E-state index contributed by atoms with van der Waals surface area (Å²) in [4.78, 5) is 35.9. The summed E-state index contributed by atoms with van der Waals surface area (Å²) in [6.07, 6.45) is 1.50. The molecular formula is C16H16N2O6S. The number of nitrogens with two attached hydrogens (primary N) is 1. The lowest BCUT2D eigenvalue weighted by molar-refractivity contribution is -0.384. The van der Waals surface area contributed by atoms with Gasteiger partial charge < -0.3 is 15.2 Å². The van der Waals surface area contributed by atoms with Crippen molar-refractivity contribution < 1.29 is 24.0 Å². The third-order valence-electron chi connectivity index (χ3n) is 4.08. The highest BCUT2D eigenvalue weighted by Gasteiger charge is 2.42. The number of Topliss-reactive ketones (excluding diaryl/α,β-unsaturated/α-hetero) is 1. The number of carbonyl (C=O) groups is 2. The van der Waals surface area contributed by atoms with E-state index >= 15 is 0 Å². The maximum absolute atomic E-state index is 12.5. The Labute approximate surface area is 147 Å². The second-order valence-corrected chi connectivity index (χ2v) is 6.55. The van der Waals surface area contributed by atoms with Gasteiger partial charge in [0.25, 0.3) is 5.69 Å². The average Bonchev–Trinajstić information content (AvgIpc) is 3.04. The van der Waals surface area contributed by atoms with Crippen molar-refractivity contribution in [3.63, 3.8) is 0 Å². The van der Waals surface area contributed by atoms with E-state index in [-0.39, 0.29) is 29.5 Å². The number of hydrogen-bond donors (Lipinski definition) is 1. The Morgan fingerprint density at radius 3 is 2.92 bits per heavy atom. The van der Waals surface area contributed by atoms with Crippen molar-refractivity contribution >= 4 is 28.8 Å². The predicted octanol–water partition coefficient (Wildman–Crippen LogP) is 2.51. The number of rotatable bonds is 4. The first-order valence-electron chi connectivity index (χ1n) is 7.77. The molecule has 0 saturated carbocycles. The van der Waals surface area contributed by atoms with Gasteiger partial charge in [-0.2, -0.15) is 0 Å². The molecule has 2 N–H and O–H groups in total. The Bertz CT molecular complexity index is 822. The number of carbonyl (C=O) groups excluding carboxylic acids is 2. The number of hydrogen-bond acceptors (Lipinski definition) is 8. The van der Waals surface area contributed by atoms with Crippen molar-refractivity contribution in [2.75, 3.05) is 6.61 Å². The number of ketones is 1. The van der Waals surface area contributed by atoms with Crippen molar-refractivity contribution in [2.45, 2.75) is 32.1 Å². The summed E-state index contributed by atoms with van der Waals surface area (Å²) in [5.74, 6) is -1.31. The summed E-state index contributed by atoms with van der Waals surface area (Å²) in [5.41, 5.74) is 6.21. The molecule has 9 heteroatoms. The fraction of sp³-hybridized carbons (Fsp3) is 0.375. The molecule has 0 amide bonds. The van der Waals surface area contributed by atoms with E-state index in [0.717, 1.165) is 11.3 Å². The Kier molecular flexibility index (Phi) is 4.58. The van der Waals surface area contributed by atoms with Gasteiger partial charge in [0.1, 0.15) is 11.3 Å². The number of allylic oxidation sites excluding steroid dienone is 2. The third kappa shape index (κ3) is 3.02. The molecule has 0 saturated heterocycles. The maximum Gasteiger partial charge on any atom is 0.340 e. The summed E-state index contributed by atoms with van der Waals surface area (Å²) in [5, 5.41) is 12.4.